The van der Waals surface area contributed by atoms with Crippen molar-refractivity contribution in [2.45, 2.75) is 6.92 Å². The third-order valence-corrected chi connectivity index (χ3v) is 2.48. The molecule has 2 aromatic heterocycles. The lowest BCUT2D eigenvalue weighted by Gasteiger charge is -2.10. The molecule has 0 aliphatic rings. The van der Waals surface area contributed by atoms with Crippen LogP contribution >= 0.6 is 0 Å². The number of hydrogen-bond acceptors (Lipinski definition) is 3. The van der Waals surface area contributed by atoms with E-state index in [4.69, 9.17) is 5.11 Å². The number of hydrogen-bond donors (Lipinski definition) is 1. The summed E-state index contributed by atoms with van der Waals surface area (Å²) >= 11 is 0. The van der Waals surface area contributed by atoms with Gasteiger partial charge in [-0.25, -0.2) is 9.78 Å². The zero-order chi connectivity index (χ0) is 13.3. The highest BCUT2D eigenvalue weighted by Crippen LogP contribution is 2.09. The molecule has 0 unspecified atom stereocenters. The zero-order valence-electron chi connectivity index (χ0n) is 9.42. The molecule has 2 aromatic rings. The summed E-state index contributed by atoms with van der Waals surface area (Å²) in [6.45, 7) is 1.63. The fourth-order valence-electron chi connectivity index (χ4n) is 1.65. The molecular formula is C12H9FN2O3. The second-order valence-corrected chi connectivity index (χ2v) is 3.67. The van der Waals surface area contributed by atoms with E-state index in [1.165, 1.54) is 24.4 Å². The predicted octanol–water partition coefficient (Wildman–Crippen LogP) is 1.38. The molecule has 0 amide bonds. The van der Waals surface area contributed by atoms with Gasteiger partial charge in [0.2, 0.25) is 5.95 Å². The molecule has 0 aromatic carbocycles. The molecule has 18 heavy (non-hydrogen) atoms. The Morgan fingerprint density at radius 3 is 2.72 bits per heavy atom. The van der Waals surface area contributed by atoms with Crippen molar-refractivity contribution in [3.8, 4) is 5.69 Å². The summed E-state index contributed by atoms with van der Waals surface area (Å²) in [6.07, 6.45) is 1.21. The summed E-state index contributed by atoms with van der Waals surface area (Å²) < 4.78 is 14.2. The number of rotatable bonds is 2. The van der Waals surface area contributed by atoms with E-state index in [1.807, 2.05) is 0 Å². The molecule has 0 atom stereocenters. The lowest BCUT2D eigenvalue weighted by molar-refractivity contribution is 0.0694. The van der Waals surface area contributed by atoms with E-state index in [9.17, 15) is 14.0 Å². The van der Waals surface area contributed by atoms with Gasteiger partial charge >= 0.3 is 5.97 Å². The standard InChI is InChI=1S/C12H9FN2O3/c1-7-2-3-9(12(17)18)11(16)15(7)8-4-5-14-10(13)6-8/h2-6H,1H3,(H,17,18). The van der Waals surface area contributed by atoms with Crippen molar-refractivity contribution in [2.75, 3.05) is 0 Å². The maximum Gasteiger partial charge on any atom is 0.341 e. The molecule has 0 saturated heterocycles. The number of aromatic carboxylic acids is 1. The van der Waals surface area contributed by atoms with Crippen LogP contribution in [0, 0.1) is 12.9 Å². The molecule has 0 spiro atoms. The number of pyridine rings is 2. The highest BCUT2D eigenvalue weighted by molar-refractivity contribution is 5.87. The normalized spacial score (nSPS) is 10.3. The molecule has 1 N–H and O–H groups in total. The SMILES string of the molecule is Cc1ccc(C(=O)O)c(=O)n1-c1ccnc(F)c1. The summed E-state index contributed by atoms with van der Waals surface area (Å²) in [5.74, 6) is -2.05. The zero-order valence-corrected chi connectivity index (χ0v) is 9.42. The minimum atomic E-state index is -1.32. The van der Waals surface area contributed by atoms with Crippen LogP contribution in [-0.4, -0.2) is 20.6 Å². The van der Waals surface area contributed by atoms with Gasteiger partial charge in [-0.05, 0) is 25.1 Å². The fourth-order valence-corrected chi connectivity index (χ4v) is 1.65. The van der Waals surface area contributed by atoms with Crippen LogP contribution in [0.4, 0.5) is 4.39 Å². The summed E-state index contributed by atoms with van der Waals surface area (Å²) in [5.41, 5.74) is -0.311. The molecule has 0 fully saturated rings. The number of carboxylic acid groups (broad SMARTS) is 1. The van der Waals surface area contributed by atoms with Crippen LogP contribution in [0.25, 0.3) is 5.69 Å². The second kappa shape index (κ2) is 4.40. The maximum absolute atomic E-state index is 13.0. The number of carboxylic acids is 1. The van der Waals surface area contributed by atoms with Crippen molar-refractivity contribution in [2.24, 2.45) is 0 Å². The Hall–Kier alpha value is -2.50. The monoisotopic (exact) mass is 248 g/mol. The molecule has 2 heterocycles. The van der Waals surface area contributed by atoms with Gasteiger partial charge in [0.1, 0.15) is 5.56 Å². The van der Waals surface area contributed by atoms with Crippen LogP contribution in [0.1, 0.15) is 16.1 Å². The van der Waals surface area contributed by atoms with E-state index in [-0.39, 0.29) is 11.3 Å². The first-order chi connectivity index (χ1) is 8.50. The van der Waals surface area contributed by atoms with E-state index in [0.29, 0.717) is 5.69 Å². The first-order valence-electron chi connectivity index (χ1n) is 5.08. The molecular weight excluding hydrogens is 239 g/mol. The molecule has 0 radical (unpaired) electrons. The number of aryl methyl sites for hydroxylation is 1. The Balaban J connectivity index is 2.75. The Kier molecular flexibility index (Phi) is 2.93. The molecule has 92 valence electrons. The third kappa shape index (κ3) is 2.00. The van der Waals surface area contributed by atoms with E-state index < -0.39 is 17.5 Å². The predicted molar refractivity (Wildman–Crippen MR) is 61.5 cm³/mol. The number of halogens is 1. The Bertz CT molecular complexity index is 679. The Morgan fingerprint density at radius 2 is 2.11 bits per heavy atom. The summed E-state index contributed by atoms with van der Waals surface area (Å²) in [6, 6.07) is 5.22. The van der Waals surface area contributed by atoms with Crippen LogP contribution in [0.2, 0.25) is 0 Å². The second-order valence-electron chi connectivity index (χ2n) is 3.67. The molecule has 0 aliphatic carbocycles. The molecule has 2 rings (SSSR count). The van der Waals surface area contributed by atoms with Gasteiger partial charge < -0.3 is 5.11 Å². The first kappa shape index (κ1) is 12.0. The minimum Gasteiger partial charge on any atom is -0.477 e. The molecule has 0 aliphatic heterocycles. The maximum atomic E-state index is 13.0. The Morgan fingerprint density at radius 1 is 1.39 bits per heavy atom. The van der Waals surface area contributed by atoms with Gasteiger partial charge in [0.05, 0.1) is 5.69 Å². The smallest absolute Gasteiger partial charge is 0.341 e. The lowest BCUT2D eigenvalue weighted by Crippen LogP contribution is -2.26. The van der Waals surface area contributed by atoms with Crippen molar-refractivity contribution in [1.29, 1.82) is 0 Å². The highest BCUT2D eigenvalue weighted by atomic mass is 19.1. The first-order valence-corrected chi connectivity index (χ1v) is 5.08. The van der Waals surface area contributed by atoms with Crippen LogP contribution in [-0.2, 0) is 0 Å². The third-order valence-electron chi connectivity index (χ3n) is 2.48. The molecule has 5 nitrogen and oxygen atoms in total. The summed E-state index contributed by atoms with van der Waals surface area (Å²) in [5, 5.41) is 8.88. The van der Waals surface area contributed by atoms with Gasteiger partial charge in [-0.1, -0.05) is 0 Å². The molecule has 0 bridgehead atoms. The van der Waals surface area contributed by atoms with E-state index in [2.05, 4.69) is 4.98 Å². The molecule has 0 saturated carbocycles. The van der Waals surface area contributed by atoms with Gasteiger partial charge in [-0.15, -0.1) is 0 Å². The highest BCUT2D eigenvalue weighted by Gasteiger charge is 2.13. The molecule has 6 heteroatoms. The van der Waals surface area contributed by atoms with Crippen molar-refractivity contribution in [3.63, 3.8) is 0 Å². The topological polar surface area (TPSA) is 72.2 Å². The van der Waals surface area contributed by atoms with Crippen LogP contribution in [0.3, 0.4) is 0 Å². The van der Waals surface area contributed by atoms with Crippen molar-refractivity contribution >= 4 is 5.97 Å². The fraction of sp³-hybridized carbons (Fsp3) is 0.0833. The average molecular weight is 248 g/mol. The van der Waals surface area contributed by atoms with Gasteiger partial charge in [-0.2, -0.15) is 4.39 Å². The number of carbonyl (C=O) groups is 1. The van der Waals surface area contributed by atoms with Crippen molar-refractivity contribution < 1.29 is 14.3 Å². The van der Waals surface area contributed by atoms with Crippen LogP contribution < -0.4 is 5.56 Å². The van der Waals surface area contributed by atoms with Gasteiger partial charge in [0, 0.05) is 18.0 Å². The summed E-state index contributed by atoms with van der Waals surface area (Å²) in [7, 11) is 0. The van der Waals surface area contributed by atoms with Gasteiger partial charge in [0.15, 0.2) is 0 Å². The number of aromatic nitrogens is 2. The van der Waals surface area contributed by atoms with Crippen LogP contribution in [0.5, 0.6) is 0 Å². The number of nitrogens with zero attached hydrogens (tertiary/aromatic N) is 2. The van der Waals surface area contributed by atoms with Crippen LogP contribution in [0.15, 0.2) is 35.3 Å². The van der Waals surface area contributed by atoms with Gasteiger partial charge in [-0.3, -0.25) is 9.36 Å². The largest absolute Gasteiger partial charge is 0.477 e. The quantitative estimate of drug-likeness (QED) is 0.815. The average Bonchev–Trinajstić information content (AvgIpc) is 2.28. The van der Waals surface area contributed by atoms with Crippen molar-refractivity contribution in [3.05, 3.63) is 58.0 Å². The van der Waals surface area contributed by atoms with E-state index in [0.717, 1.165) is 10.6 Å². The minimum absolute atomic E-state index is 0.244. The van der Waals surface area contributed by atoms with Crippen molar-refractivity contribution in [1.82, 2.24) is 9.55 Å². The van der Waals surface area contributed by atoms with Gasteiger partial charge in [0.25, 0.3) is 5.56 Å². The lowest BCUT2D eigenvalue weighted by atomic mass is 10.2. The Labute approximate surface area is 101 Å². The summed E-state index contributed by atoms with van der Waals surface area (Å²) in [4.78, 5) is 26.2. The van der Waals surface area contributed by atoms with E-state index >= 15 is 0 Å². The van der Waals surface area contributed by atoms with E-state index in [1.54, 1.807) is 6.92 Å².